The number of hydrogen-bond donors (Lipinski definition) is 1. The van der Waals surface area contributed by atoms with Crippen LogP contribution >= 0.6 is 12.2 Å². The maximum atomic E-state index is 11.4. The maximum Gasteiger partial charge on any atom is 0.220 e. The van der Waals surface area contributed by atoms with Gasteiger partial charge in [-0.1, -0.05) is 12.2 Å². The van der Waals surface area contributed by atoms with Crippen molar-refractivity contribution in [2.45, 2.75) is 0 Å². The summed E-state index contributed by atoms with van der Waals surface area (Å²) >= 11 is 4.47. The molecule has 0 aromatic rings. The van der Waals surface area contributed by atoms with Crippen LogP contribution in [0.4, 0.5) is 0 Å². The molecule has 0 heterocycles. The third-order valence-electron chi connectivity index (χ3n) is 1.58. The third-order valence-corrected chi connectivity index (χ3v) is 4.64. The largest absolute Gasteiger partial charge is 0.392 e. The van der Waals surface area contributed by atoms with E-state index in [1.165, 1.54) is 7.05 Å². The van der Waals surface area contributed by atoms with Crippen molar-refractivity contribution in [1.82, 2.24) is 4.31 Å². The molecule has 0 aliphatic carbocycles. The summed E-state index contributed by atoms with van der Waals surface area (Å²) in [6.45, 7) is -0.0935. The van der Waals surface area contributed by atoms with E-state index in [1.54, 1.807) is 0 Å². The summed E-state index contributed by atoms with van der Waals surface area (Å²) in [4.78, 5) is -0.138. The van der Waals surface area contributed by atoms with Gasteiger partial charge in [-0.05, 0) is 0 Å². The Morgan fingerprint density at radius 1 is 1.33 bits per heavy atom. The molecule has 0 spiro atoms. The number of nitrogens with zero attached hydrogens (tertiary/aromatic N) is 1. The molecule has 0 aliphatic heterocycles. The molecule has 0 amide bonds. The van der Waals surface area contributed by atoms with Gasteiger partial charge in [-0.15, -0.1) is 0 Å². The zero-order valence-electron chi connectivity index (χ0n) is 8.50. The normalized spacial score (nSPS) is 13.0. The number of hydrogen-bond acceptors (Lipinski definition) is 5. The first-order valence-corrected chi connectivity index (χ1v) is 8.02. The number of sulfonamides is 1. The number of rotatable bonds is 6. The fraction of sp³-hybridized carbons (Fsp3) is 0.833. The first-order chi connectivity index (χ1) is 6.54. The number of nitrogens with two attached hydrogens (primary N) is 1. The van der Waals surface area contributed by atoms with Crippen LogP contribution < -0.4 is 5.73 Å². The Balaban J connectivity index is 4.46. The van der Waals surface area contributed by atoms with Crippen molar-refractivity contribution >= 4 is 37.1 Å². The van der Waals surface area contributed by atoms with Crippen LogP contribution in [0.15, 0.2) is 0 Å². The van der Waals surface area contributed by atoms with Gasteiger partial charge < -0.3 is 5.73 Å². The highest BCUT2D eigenvalue weighted by Crippen LogP contribution is 1.99. The van der Waals surface area contributed by atoms with Gasteiger partial charge in [-0.2, -0.15) is 0 Å². The molecule has 0 unspecified atom stereocenters. The van der Waals surface area contributed by atoms with Gasteiger partial charge in [-0.3, -0.25) is 0 Å². The van der Waals surface area contributed by atoms with E-state index in [4.69, 9.17) is 5.73 Å². The summed E-state index contributed by atoms with van der Waals surface area (Å²) in [5.74, 6) is -0.664. The van der Waals surface area contributed by atoms with Crippen molar-refractivity contribution in [2.24, 2.45) is 5.73 Å². The minimum absolute atomic E-state index is 0.0935. The van der Waals surface area contributed by atoms with Crippen LogP contribution in [0.1, 0.15) is 0 Å². The van der Waals surface area contributed by atoms with E-state index in [0.29, 0.717) is 0 Å². The van der Waals surface area contributed by atoms with E-state index in [0.717, 1.165) is 10.6 Å². The summed E-state index contributed by atoms with van der Waals surface area (Å²) < 4.78 is 45.4. The van der Waals surface area contributed by atoms with Crippen LogP contribution in [0.5, 0.6) is 0 Å². The molecule has 0 saturated heterocycles. The number of sulfone groups is 1. The zero-order chi connectivity index (χ0) is 12.3. The molecule has 0 radical (unpaired) electrons. The molecule has 2 N–H and O–H groups in total. The molecule has 90 valence electrons. The molecule has 0 aromatic carbocycles. The summed E-state index contributed by atoms with van der Waals surface area (Å²) in [6.07, 6.45) is 1.04. The van der Waals surface area contributed by atoms with Crippen LogP contribution in [0.3, 0.4) is 0 Å². The Bertz CT molecular complexity index is 425. The summed E-state index contributed by atoms with van der Waals surface area (Å²) in [7, 11) is -5.47. The average Bonchev–Trinajstić information content (AvgIpc) is 1.95. The second-order valence-electron chi connectivity index (χ2n) is 3.17. The van der Waals surface area contributed by atoms with Gasteiger partial charge in [0, 0.05) is 19.8 Å². The van der Waals surface area contributed by atoms with E-state index >= 15 is 0 Å². The monoisotopic (exact) mass is 274 g/mol. The van der Waals surface area contributed by atoms with Crippen molar-refractivity contribution in [2.75, 3.05) is 31.4 Å². The van der Waals surface area contributed by atoms with Crippen molar-refractivity contribution in [1.29, 1.82) is 0 Å². The first kappa shape index (κ1) is 14.8. The highest BCUT2D eigenvalue weighted by Gasteiger charge is 2.19. The second kappa shape index (κ2) is 5.19. The molecule has 15 heavy (non-hydrogen) atoms. The summed E-state index contributed by atoms with van der Waals surface area (Å²) in [5.41, 5.74) is 5.11. The predicted octanol–water partition coefficient (Wildman–Crippen LogP) is -1.42. The average molecular weight is 274 g/mol. The van der Waals surface area contributed by atoms with E-state index in [9.17, 15) is 16.8 Å². The van der Waals surface area contributed by atoms with Crippen LogP contribution in [-0.4, -0.2) is 57.5 Å². The lowest BCUT2D eigenvalue weighted by Gasteiger charge is -2.15. The fourth-order valence-electron chi connectivity index (χ4n) is 0.723. The van der Waals surface area contributed by atoms with Gasteiger partial charge in [0.1, 0.15) is 15.6 Å². The molecule has 0 bridgehead atoms. The van der Waals surface area contributed by atoms with Crippen molar-refractivity contribution in [3.05, 3.63) is 0 Å². The van der Waals surface area contributed by atoms with Crippen LogP contribution in [0.25, 0.3) is 0 Å². The summed E-state index contributed by atoms with van der Waals surface area (Å²) in [6, 6.07) is 0. The molecule has 9 heteroatoms. The first-order valence-electron chi connectivity index (χ1n) is 3.94. The Labute approximate surface area is 95.4 Å². The molecule has 0 fully saturated rings. The molecular formula is C6H14N2O4S3. The Morgan fingerprint density at radius 3 is 2.13 bits per heavy atom. The van der Waals surface area contributed by atoms with Gasteiger partial charge >= 0.3 is 0 Å². The summed E-state index contributed by atoms with van der Waals surface area (Å²) in [5, 5.41) is 0. The highest BCUT2D eigenvalue weighted by atomic mass is 32.2. The molecule has 6 nitrogen and oxygen atoms in total. The van der Waals surface area contributed by atoms with E-state index < -0.39 is 25.6 Å². The Hall–Kier alpha value is -0.250. The van der Waals surface area contributed by atoms with Crippen LogP contribution in [0, 0.1) is 0 Å². The SMILES string of the molecule is CN(CCS(C)(=O)=O)S(=O)(=O)CC(N)=S. The lowest BCUT2D eigenvalue weighted by atomic mass is 10.8. The zero-order valence-corrected chi connectivity index (χ0v) is 11.0. The number of thiocarbonyl (C=S) groups is 1. The topological polar surface area (TPSA) is 97.5 Å². The lowest BCUT2D eigenvalue weighted by molar-refractivity contribution is 0.488. The molecule has 0 atom stereocenters. The molecular weight excluding hydrogens is 260 g/mol. The van der Waals surface area contributed by atoms with Gasteiger partial charge in [0.2, 0.25) is 10.0 Å². The van der Waals surface area contributed by atoms with Gasteiger partial charge in [0.05, 0.1) is 10.7 Å². The smallest absolute Gasteiger partial charge is 0.220 e. The maximum absolute atomic E-state index is 11.4. The quantitative estimate of drug-likeness (QED) is 0.597. The van der Waals surface area contributed by atoms with Gasteiger partial charge in [0.25, 0.3) is 0 Å². The minimum Gasteiger partial charge on any atom is -0.392 e. The molecule has 0 saturated carbocycles. The fourth-order valence-corrected chi connectivity index (χ4v) is 2.84. The highest BCUT2D eigenvalue weighted by molar-refractivity contribution is 7.92. The van der Waals surface area contributed by atoms with Crippen molar-refractivity contribution in [3.8, 4) is 0 Å². The predicted molar refractivity (Wildman–Crippen MR) is 62.9 cm³/mol. The Morgan fingerprint density at radius 2 is 1.80 bits per heavy atom. The minimum atomic E-state index is -3.58. The van der Waals surface area contributed by atoms with Crippen LogP contribution in [0.2, 0.25) is 0 Å². The molecule has 0 aliphatic rings. The molecule has 0 aromatic heterocycles. The standard InChI is InChI=1S/C6H14N2O4S3/c1-8(3-4-14(2,9)10)15(11,12)5-6(7)13/h3-5H2,1-2H3,(H2,7,13). The van der Waals surface area contributed by atoms with Crippen molar-refractivity contribution in [3.63, 3.8) is 0 Å². The third kappa shape index (κ3) is 6.77. The van der Waals surface area contributed by atoms with Crippen molar-refractivity contribution < 1.29 is 16.8 Å². The lowest BCUT2D eigenvalue weighted by Crippen LogP contribution is -2.36. The van der Waals surface area contributed by atoms with Crippen LogP contribution in [-0.2, 0) is 19.9 Å². The van der Waals surface area contributed by atoms with Gasteiger partial charge in [0.15, 0.2) is 0 Å². The van der Waals surface area contributed by atoms with E-state index in [1.807, 2.05) is 0 Å². The van der Waals surface area contributed by atoms with E-state index in [-0.39, 0.29) is 17.3 Å². The molecule has 0 rings (SSSR count). The Kier molecular flexibility index (Phi) is 5.10. The van der Waals surface area contributed by atoms with E-state index in [2.05, 4.69) is 12.2 Å². The second-order valence-corrected chi connectivity index (χ2v) is 8.03. The van der Waals surface area contributed by atoms with Gasteiger partial charge in [-0.25, -0.2) is 21.1 Å².